The zero-order chi connectivity index (χ0) is 17.4. The van der Waals surface area contributed by atoms with Crippen LogP contribution in [0, 0.1) is 13.8 Å². The molecule has 0 fully saturated rings. The van der Waals surface area contributed by atoms with Gasteiger partial charge in [-0.25, -0.2) is 0 Å². The molecule has 0 radical (unpaired) electrons. The van der Waals surface area contributed by atoms with Crippen molar-refractivity contribution in [3.63, 3.8) is 0 Å². The second-order valence-electron chi connectivity index (χ2n) is 5.93. The summed E-state index contributed by atoms with van der Waals surface area (Å²) >= 11 is 0. The summed E-state index contributed by atoms with van der Waals surface area (Å²) in [7, 11) is 0. The Morgan fingerprint density at radius 2 is 1.96 bits per heavy atom. The van der Waals surface area contributed by atoms with Crippen molar-refractivity contribution < 1.29 is 9.21 Å². The van der Waals surface area contributed by atoms with E-state index in [-0.39, 0.29) is 11.9 Å². The monoisotopic (exact) mass is 332 g/mol. The van der Waals surface area contributed by atoms with Crippen LogP contribution in [0.15, 0.2) is 53.1 Å². The summed E-state index contributed by atoms with van der Waals surface area (Å²) in [5.41, 5.74) is 4.42. The first kappa shape index (κ1) is 15.1. The number of fused-ring (bicyclic) bond motifs is 1. The van der Waals surface area contributed by atoms with Crippen LogP contribution in [0.1, 0.15) is 21.5 Å². The Hall–Kier alpha value is -3.41. The Labute approximate surface area is 143 Å². The molecule has 25 heavy (non-hydrogen) atoms. The number of hydrogen-bond donors (Lipinski definition) is 2. The standard InChI is InChI=1S/C19H16N4O2/c1-11-7-8-12(2)14(9-11)18-22-23-19(25-18)21-17(24)15-10-20-16-6-4-3-5-13(15)16/h3-10,20H,1-2H3,(H,21,23,24). The fraction of sp³-hybridized carbons (Fsp3) is 0.105. The number of hydrogen-bond acceptors (Lipinski definition) is 4. The molecular weight excluding hydrogens is 316 g/mol. The highest BCUT2D eigenvalue weighted by Crippen LogP contribution is 2.25. The van der Waals surface area contributed by atoms with Gasteiger partial charge >= 0.3 is 6.01 Å². The van der Waals surface area contributed by atoms with Crippen molar-refractivity contribution in [2.24, 2.45) is 0 Å². The number of nitrogens with one attached hydrogen (secondary N) is 2. The summed E-state index contributed by atoms with van der Waals surface area (Å²) < 4.78 is 5.62. The minimum atomic E-state index is -0.298. The van der Waals surface area contributed by atoms with Crippen molar-refractivity contribution in [3.8, 4) is 11.5 Å². The molecule has 0 saturated carbocycles. The molecule has 0 aliphatic heterocycles. The second-order valence-corrected chi connectivity index (χ2v) is 5.93. The second kappa shape index (κ2) is 5.90. The maximum atomic E-state index is 12.5. The summed E-state index contributed by atoms with van der Waals surface area (Å²) in [6.07, 6.45) is 1.67. The lowest BCUT2D eigenvalue weighted by molar-refractivity contribution is 0.102. The Kier molecular flexibility index (Phi) is 3.57. The number of benzene rings is 2. The first-order chi connectivity index (χ1) is 12.1. The molecule has 4 rings (SSSR count). The molecule has 0 atom stereocenters. The van der Waals surface area contributed by atoms with Gasteiger partial charge in [-0.15, -0.1) is 5.10 Å². The molecule has 6 heteroatoms. The van der Waals surface area contributed by atoms with Crippen LogP contribution in [-0.4, -0.2) is 21.1 Å². The van der Waals surface area contributed by atoms with E-state index >= 15 is 0 Å². The summed E-state index contributed by atoms with van der Waals surface area (Å²) in [6, 6.07) is 13.7. The number of rotatable bonds is 3. The summed E-state index contributed by atoms with van der Waals surface area (Å²) in [6.45, 7) is 3.97. The molecule has 2 aromatic carbocycles. The summed E-state index contributed by atoms with van der Waals surface area (Å²) in [5, 5.41) is 11.5. The highest BCUT2D eigenvalue weighted by molar-refractivity contribution is 6.12. The van der Waals surface area contributed by atoms with Crippen molar-refractivity contribution in [1.82, 2.24) is 15.2 Å². The third-order valence-corrected chi connectivity index (χ3v) is 4.10. The number of para-hydroxylation sites is 1. The van der Waals surface area contributed by atoms with Gasteiger partial charge in [0.15, 0.2) is 0 Å². The third-order valence-electron chi connectivity index (χ3n) is 4.10. The normalized spacial score (nSPS) is 11.0. The minimum Gasteiger partial charge on any atom is -0.403 e. The van der Waals surface area contributed by atoms with Gasteiger partial charge in [0.1, 0.15) is 0 Å². The molecule has 2 N–H and O–H groups in total. The summed E-state index contributed by atoms with van der Waals surface area (Å²) in [5.74, 6) is 0.0871. The number of H-pyrrole nitrogens is 1. The van der Waals surface area contributed by atoms with Crippen molar-refractivity contribution in [2.75, 3.05) is 5.32 Å². The van der Waals surface area contributed by atoms with Crippen LogP contribution in [-0.2, 0) is 0 Å². The first-order valence-electron chi connectivity index (χ1n) is 7.90. The predicted molar refractivity (Wildman–Crippen MR) is 95.5 cm³/mol. The molecule has 124 valence electrons. The molecule has 0 aliphatic carbocycles. The quantitative estimate of drug-likeness (QED) is 0.592. The van der Waals surface area contributed by atoms with E-state index in [9.17, 15) is 4.79 Å². The Balaban J connectivity index is 1.61. The van der Waals surface area contributed by atoms with E-state index < -0.39 is 0 Å². The average Bonchev–Trinajstić information content (AvgIpc) is 3.24. The van der Waals surface area contributed by atoms with Crippen LogP contribution in [0.25, 0.3) is 22.4 Å². The zero-order valence-corrected chi connectivity index (χ0v) is 13.8. The van der Waals surface area contributed by atoms with E-state index in [4.69, 9.17) is 4.42 Å². The molecular formula is C19H16N4O2. The number of carbonyl (C=O) groups is 1. The van der Waals surface area contributed by atoms with Gasteiger partial charge in [-0.05, 0) is 31.5 Å². The van der Waals surface area contributed by atoms with E-state index in [1.54, 1.807) is 6.20 Å². The maximum absolute atomic E-state index is 12.5. The van der Waals surface area contributed by atoms with Gasteiger partial charge in [-0.1, -0.05) is 41.0 Å². The Morgan fingerprint density at radius 3 is 2.84 bits per heavy atom. The molecule has 0 saturated heterocycles. The van der Waals surface area contributed by atoms with Crippen molar-refractivity contribution >= 4 is 22.8 Å². The van der Waals surface area contributed by atoms with Gasteiger partial charge in [0, 0.05) is 22.7 Å². The Bertz CT molecular complexity index is 1080. The fourth-order valence-corrected chi connectivity index (χ4v) is 2.77. The molecule has 2 aromatic heterocycles. The predicted octanol–water partition coefficient (Wildman–Crippen LogP) is 4.09. The number of amides is 1. The van der Waals surface area contributed by atoms with E-state index in [1.165, 1.54) is 0 Å². The van der Waals surface area contributed by atoms with Crippen LogP contribution in [0.2, 0.25) is 0 Å². The number of carbonyl (C=O) groups excluding carboxylic acids is 1. The van der Waals surface area contributed by atoms with E-state index in [0.717, 1.165) is 27.6 Å². The number of nitrogens with zero attached hydrogens (tertiary/aromatic N) is 2. The third kappa shape index (κ3) is 2.78. The topological polar surface area (TPSA) is 83.8 Å². The molecule has 0 unspecified atom stereocenters. The number of aromatic nitrogens is 3. The minimum absolute atomic E-state index is 0.0752. The van der Waals surface area contributed by atoms with Crippen LogP contribution < -0.4 is 5.32 Å². The molecule has 6 nitrogen and oxygen atoms in total. The molecule has 0 aliphatic rings. The zero-order valence-electron chi connectivity index (χ0n) is 13.8. The van der Waals surface area contributed by atoms with Gasteiger partial charge < -0.3 is 9.40 Å². The molecule has 0 bridgehead atoms. The van der Waals surface area contributed by atoms with Gasteiger partial charge in [-0.3, -0.25) is 10.1 Å². The number of aryl methyl sites for hydroxylation is 2. The van der Waals surface area contributed by atoms with E-state index in [0.29, 0.717) is 11.5 Å². The Morgan fingerprint density at radius 1 is 1.12 bits per heavy atom. The fourth-order valence-electron chi connectivity index (χ4n) is 2.77. The van der Waals surface area contributed by atoms with Gasteiger partial charge in [0.05, 0.1) is 5.56 Å². The van der Waals surface area contributed by atoms with Gasteiger partial charge in [0.25, 0.3) is 5.91 Å². The van der Waals surface area contributed by atoms with E-state index in [2.05, 4.69) is 20.5 Å². The van der Waals surface area contributed by atoms with Crippen LogP contribution >= 0.6 is 0 Å². The lowest BCUT2D eigenvalue weighted by atomic mass is 10.1. The van der Waals surface area contributed by atoms with Crippen LogP contribution in [0.5, 0.6) is 0 Å². The average molecular weight is 332 g/mol. The van der Waals surface area contributed by atoms with Crippen LogP contribution in [0.4, 0.5) is 6.01 Å². The largest absolute Gasteiger partial charge is 0.403 e. The van der Waals surface area contributed by atoms with Gasteiger partial charge in [0.2, 0.25) is 5.89 Å². The smallest absolute Gasteiger partial charge is 0.322 e. The highest BCUT2D eigenvalue weighted by Gasteiger charge is 2.16. The van der Waals surface area contributed by atoms with Crippen LogP contribution in [0.3, 0.4) is 0 Å². The molecule has 0 spiro atoms. The lowest BCUT2D eigenvalue weighted by Crippen LogP contribution is -2.11. The number of aromatic amines is 1. The molecule has 2 heterocycles. The lowest BCUT2D eigenvalue weighted by Gasteiger charge is -2.02. The van der Waals surface area contributed by atoms with Crippen molar-refractivity contribution in [2.45, 2.75) is 13.8 Å². The molecule has 4 aromatic rings. The summed E-state index contributed by atoms with van der Waals surface area (Å²) in [4.78, 5) is 15.6. The molecule has 1 amide bonds. The van der Waals surface area contributed by atoms with E-state index in [1.807, 2.05) is 56.3 Å². The SMILES string of the molecule is Cc1ccc(C)c(-c2nnc(NC(=O)c3c[nH]c4ccccc34)o2)c1. The van der Waals surface area contributed by atoms with Gasteiger partial charge in [-0.2, -0.15) is 0 Å². The first-order valence-corrected chi connectivity index (χ1v) is 7.90. The van der Waals surface area contributed by atoms with Crippen molar-refractivity contribution in [1.29, 1.82) is 0 Å². The maximum Gasteiger partial charge on any atom is 0.322 e. The number of anilines is 1. The highest BCUT2D eigenvalue weighted by atomic mass is 16.4. The van der Waals surface area contributed by atoms with Crippen molar-refractivity contribution in [3.05, 3.63) is 65.4 Å².